The van der Waals surface area contributed by atoms with Gasteiger partial charge in [0, 0.05) is 24.8 Å². The molecule has 334 valence electrons. The first-order valence-electron chi connectivity index (χ1n) is 21.8. The molecule has 63 heavy (non-hydrogen) atoms. The van der Waals surface area contributed by atoms with E-state index in [2.05, 4.69) is 25.5 Å². The van der Waals surface area contributed by atoms with E-state index in [-0.39, 0.29) is 47.8 Å². The Kier molecular flexibility index (Phi) is 12.3. The van der Waals surface area contributed by atoms with Crippen LogP contribution in [-0.4, -0.2) is 93.1 Å². The van der Waals surface area contributed by atoms with Crippen molar-refractivity contribution in [2.75, 3.05) is 32.2 Å². The number of aromatic amines is 2. The minimum atomic E-state index is -0.938. The third-order valence-corrected chi connectivity index (χ3v) is 12.9. The number of imidazole rings is 2. The van der Waals surface area contributed by atoms with E-state index in [1.54, 1.807) is 15.9 Å². The van der Waals surface area contributed by atoms with Crippen LogP contribution in [0.1, 0.15) is 113 Å². The number of methoxy groups -OCH3 is 2. The molecule has 15 nitrogen and oxygen atoms in total. The lowest BCUT2D eigenvalue weighted by Gasteiger charge is -2.33. The zero-order valence-electron chi connectivity index (χ0n) is 36.4. The summed E-state index contributed by atoms with van der Waals surface area (Å²) < 4.78 is 39.0. The van der Waals surface area contributed by atoms with E-state index in [9.17, 15) is 28.0 Å². The Labute approximate surface area is 364 Å². The molecule has 3 aliphatic rings. The number of H-pyrrole nitrogens is 2. The van der Waals surface area contributed by atoms with Crippen molar-refractivity contribution >= 4 is 51.8 Å². The van der Waals surface area contributed by atoms with Gasteiger partial charge in [0.05, 0.1) is 60.5 Å². The Morgan fingerprint density at radius 1 is 0.635 bits per heavy atom. The maximum atomic E-state index is 15.0. The van der Waals surface area contributed by atoms with Gasteiger partial charge in [-0.25, -0.2) is 28.3 Å². The Hall–Kier alpha value is -6.26. The van der Waals surface area contributed by atoms with Crippen molar-refractivity contribution in [1.29, 1.82) is 0 Å². The summed E-state index contributed by atoms with van der Waals surface area (Å²) in [4.78, 5) is 74.4. The van der Waals surface area contributed by atoms with E-state index in [1.807, 2.05) is 64.1 Å². The summed E-state index contributed by atoms with van der Waals surface area (Å²) in [5.74, 6) is -1.26. The largest absolute Gasteiger partial charge is 0.453 e. The van der Waals surface area contributed by atoms with Gasteiger partial charge in [-0.05, 0) is 97.9 Å². The number of carbonyl (C=O) groups is 4. The number of benzene rings is 3. The first-order chi connectivity index (χ1) is 30.3. The monoisotopic (exact) mass is 867 g/mol. The van der Waals surface area contributed by atoms with Gasteiger partial charge in [0.25, 0.3) is 0 Å². The van der Waals surface area contributed by atoms with Gasteiger partial charge in [-0.2, -0.15) is 0 Å². The summed E-state index contributed by atoms with van der Waals surface area (Å²) in [5, 5.41) is 5.39. The van der Waals surface area contributed by atoms with Gasteiger partial charge in [-0.3, -0.25) is 9.59 Å². The van der Waals surface area contributed by atoms with E-state index in [0.29, 0.717) is 56.1 Å². The summed E-state index contributed by atoms with van der Waals surface area (Å²) in [6.07, 6.45) is 3.09. The molecule has 3 saturated heterocycles. The SMILES string of the molecule is COC(=O)NC(C(=O)N1CCC[C@H]1c1nc2cc([C@H]3CC[C@H](c4ccc5nc([C@@H]6CCCN6C(=O)[C@@H](NC(=O)OC)C(C)C)[nH]c5c4)N3c3ccc(F)c(F)c3)ccc2[nH]1)C(C)C. The topological polar surface area (TPSA) is 178 Å². The average Bonchev–Trinajstić information content (AvgIpc) is 4.12. The van der Waals surface area contributed by atoms with Gasteiger partial charge in [-0.1, -0.05) is 39.8 Å². The number of carbonyl (C=O) groups excluding carboxylic acids is 4. The molecule has 5 heterocycles. The van der Waals surface area contributed by atoms with Crippen molar-refractivity contribution in [3.8, 4) is 0 Å². The van der Waals surface area contributed by atoms with Crippen molar-refractivity contribution in [1.82, 2.24) is 40.4 Å². The fourth-order valence-corrected chi connectivity index (χ4v) is 9.68. The molecule has 6 atom stereocenters. The highest BCUT2D eigenvalue weighted by atomic mass is 19.2. The molecule has 5 aromatic rings. The smallest absolute Gasteiger partial charge is 0.407 e. The maximum Gasteiger partial charge on any atom is 0.407 e. The fourth-order valence-electron chi connectivity index (χ4n) is 9.68. The highest BCUT2D eigenvalue weighted by Gasteiger charge is 2.40. The third-order valence-electron chi connectivity index (χ3n) is 12.9. The Balaban J connectivity index is 1.07. The van der Waals surface area contributed by atoms with Crippen LogP contribution in [0.5, 0.6) is 0 Å². The number of alkyl carbamates (subject to hydrolysis) is 2. The molecule has 3 aromatic carbocycles. The molecular formula is C46H55F2N9O6. The first kappa shape index (κ1) is 43.4. The van der Waals surface area contributed by atoms with E-state index in [1.165, 1.54) is 20.3 Å². The highest BCUT2D eigenvalue weighted by molar-refractivity contribution is 5.87. The standard InChI is InChI=1S/C46H55F2N9O6/c1-24(2)39(53-45(60)62-5)43(58)55-19-7-9-37(55)41-49-31-15-11-26(21-33(31)51-41)35-17-18-36(57(35)28-13-14-29(47)30(48)23-28)27-12-16-32-34(22-27)52-42(50-32)38-10-8-20-56(38)44(59)40(25(3)4)54-46(61)63-6/h11-16,21-25,35-40H,7-10,17-20H2,1-6H3,(H,49,51)(H,50,52)(H,53,60)(H,54,61)/t35-,36-,37+,38+,39+,40?/m1/s1. The summed E-state index contributed by atoms with van der Waals surface area (Å²) in [6.45, 7) is 8.57. The minimum Gasteiger partial charge on any atom is -0.453 e. The van der Waals surface area contributed by atoms with Gasteiger partial charge in [0.1, 0.15) is 23.7 Å². The predicted octanol–water partition coefficient (Wildman–Crippen LogP) is 7.89. The summed E-state index contributed by atoms with van der Waals surface area (Å²) in [7, 11) is 2.54. The summed E-state index contributed by atoms with van der Waals surface area (Å²) in [5.41, 5.74) is 5.49. The number of fused-ring (bicyclic) bond motifs is 2. The second-order valence-electron chi connectivity index (χ2n) is 17.5. The van der Waals surface area contributed by atoms with Crippen LogP contribution in [0.25, 0.3) is 22.1 Å². The van der Waals surface area contributed by atoms with Crippen molar-refractivity contribution in [2.45, 2.75) is 102 Å². The molecular weight excluding hydrogens is 813 g/mol. The fraction of sp³-hybridized carbons (Fsp3) is 0.478. The second kappa shape index (κ2) is 17.8. The van der Waals surface area contributed by atoms with Crippen molar-refractivity contribution in [3.05, 3.63) is 89.0 Å². The zero-order valence-corrected chi connectivity index (χ0v) is 36.4. The molecule has 0 bridgehead atoms. The summed E-state index contributed by atoms with van der Waals surface area (Å²) in [6, 6.07) is 13.5. The average molecular weight is 868 g/mol. The van der Waals surface area contributed by atoms with E-state index >= 15 is 0 Å². The second-order valence-corrected chi connectivity index (χ2v) is 17.5. The lowest BCUT2D eigenvalue weighted by atomic mass is 10.0. The molecule has 0 radical (unpaired) electrons. The first-order valence-corrected chi connectivity index (χ1v) is 21.8. The zero-order chi connectivity index (χ0) is 44.7. The van der Waals surface area contributed by atoms with Crippen LogP contribution in [0.15, 0.2) is 54.6 Å². The number of hydrogen-bond acceptors (Lipinski definition) is 9. The Morgan fingerprint density at radius 3 is 1.70 bits per heavy atom. The van der Waals surface area contributed by atoms with Crippen molar-refractivity contribution < 1.29 is 37.4 Å². The molecule has 4 amide bonds. The van der Waals surface area contributed by atoms with Gasteiger partial charge < -0.3 is 44.8 Å². The van der Waals surface area contributed by atoms with E-state index in [0.717, 1.165) is 52.1 Å². The van der Waals surface area contributed by atoms with Crippen LogP contribution in [-0.2, 0) is 19.1 Å². The normalized spacial score (nSPS) is 21.1. The van der Waals surface area contributed by atoms with Gasteiger partial charge in [0.15, 0.2) is 11.6 Å². The molecule has 0 saturated carbocycles. The number of nitrogens with zero attached hydrogens (tertiary/aromatic N) is 5. The third kappa shape index (κ3) is 8.48. The maximum absolute atomic E-state index is 15.0. The number of hydrogen-bond donors (Lipinski definition) is 4. The molecule has 0 spiro atoms. The van der Waals surface area contributed by atoms with Gasteiger partial charge >= 0.3 is 12.2 Å². The Morgan fingerprint density at radius 2 is 1.16 bits per heavy atom. The number of halogens is 2. The lowest BCUT2D eigenvalue weighted by Crippen LogP contribution is -2.51. The van der Waals surface area contributed by atoms with E-state index < -0.39 is 35.9 Å². The van der Waals surface area contributed by atoms with Crippen LogP contribution < -0.4 is 15.5 Å². The molecule has 17 heteroatoms. The van der Waals surface area contributed by atoms with Crippen molar-refractivity contribution in [2.24, 2.45) is 11.8 Å². The van der Waals surface area contributed by atoms with Gasteiger partial charge in [-0.15, -0.1) is 0 Å². The summed E-state index contributed by atoms with van der Waals surface area (Å²) >= 11 is 0. The molecule has 8 rings (SSSR count). The Bertz CT molecular complexity index is 2380. The van der Waals surface area contributed by atoms with Crippen molar-refractivity contribution in [3.63, 3.8) is 0 Å². The number of anilines is 1. The quantitative estimate of drug-likeness (QED) is 0.103. The number of aromatic nitrogens is 4. The molecule has 3 fully saturated rings. The van der Waals surface area contributed by atoms with E-state index in [4.69, 9.17) is 19.4 Å². The number of ether oxygens (including phenoxy) is 2. The lowest BCUT2D eigenvalue weighted by molar-refractivity contribution is -0.136. The highest BCUT2D eigenvalue weighted by Crippen LogP contribution is 2.48. The molecule has 0 aliphatic carbocycles. The van der Waals surface area contributed by atoms with Crippen LogP contribution in [0.2, 0.25) is 0 Å². The minimum absolute atomic E-state index is 0.162. The predicted molar refractivity (Wildman–Crippen MR) is 231 cm³/mol. The molecule has 4 N–H and O–H groups in total. The van der Waals surface area contributed by atoms with Crippen LogP contribution in [0.3, 0.4) is 0 Å². The molecule has 1 unspecified atom stereocenters. The number of nitrogens with one attached hydrogen (secondary N) is 4. The van der Waals surface area contributed by atoms with Gasteiger partial charge in [0.2, 0.25) is 11.8 Å². The number of rotatable bonds is 11. The van der Waals surface area contributed by atoms with Crippen LogP contribution in [0, 0.1) is 23.5 Å². The number of amides is 4. The molecule has 3 aliphatic heterocycles. The van der Waals surface area contributed by atoms with Crippen LogP contribution in [0.4, 0.5) is 24.1 Å². The molecule has 2 aromatic heterocycles. The van der Waals surface area contributed by atoms with Crippen LogP contribution >= 0.6 is 0 Å². The number of likely N-dealkylation sites (tertiary alicyclic amines) is 2.